The summed E-state index contributed by atoms with van der Waals surface area (Å²) in [6, 6.07) is 9.02. The summed E-state index contributed by atoms with van der Waals surface area (Å²) in [6.07, 6.45) is 2.18. The molecule has 2 fully saturated rings. The maximum Gasteiger partial charge on any atom is 0.251 e. The van der Waals surface area contributed by atoms with Gasteiger partial charge in [-0.25, -0.2) is 8.42 Å². The first-order valence-electron chi connectivity index (χ1n) is 10.2. The van der Waals surface area contributed by atoms with Gasteiger partial charge in [0.2, 0.25) is 0 Å². The summed E-state index contributed by atoms with van der Waals surface area (Å²) in [7, 11) is -3.12. The van der Waals surface area contributed by atoms with Crippen LogP contribution < -0.4 is 5.32 Å². The van der Waals surface area contributed by atoms with Crippen molar-refractivity contribution in [3.8, 4) is 0 Å². The molecule has 2 aliphatic rings. The molecule has 0 unspecified atom stereocenters. The van der Waals surface area contributed by atoms with Crippen LogP contribution in [0.5, 0.6) is 0 Å². The number of carbonyl (C=O) groups excluding carboxylic acids is 1. The minimum Gasteiger partial charge on any atom is -0.347 e. The van der Waals surface area contributed by atoms with Crippen LogP contribution >= 0.6 is 0 Å². The number of carbonyl (C=O) groups is 1. The molecule has 1 N–H and O–H groups in total. The standard InChI is InChI=1S/C21H28N4O3S/c1-15-11-16(2)25(23-15)12-17-5-7-18(8-6-17)21(26)22-19-13-29(27,28)14-20(19)24-9-3-4-10-24/h5-8,11,19-20H,3-4,9-10,12-14H2,1-2H3,(H,22,26)/t19-,20-/m1/s1. The number of nitrogens with zero attached hydrogens (tertiary/aromatic N) is 3. The zero-order valence-electron chi connectivity index (χ0n) is 17.0. The number of amides is 1. The fraction of sp³-hybridized carbons (Fsp3) is 0.524. The highest BCUT2D eigenvalue weighted by Crippen LogP contribution is 2.23. The lowest BCUT2D eigenvalue weighted by Gasteiger charge is -2.28. The molecule has 1 aromatic heterocycles. The number of nitrogens with one attached hydrogen (secondary N) is 1. The molecule has 29 heavy (non-hydrogen) atoms. The average molecular weight is 417 g/mol. The Hall–Kier alpha value is -2.19. The van der Waals surface area contributed by atoms with Crippen molar-refractivity contribution in [1.82, 2.24) is 20.0 Å². The highest BCUT2D eigenvalue weighted by atomic mass is 32.2. The molecule has 0 spiro atoms. The Morgan fingerprint density at radius 1 is 1.14 bits per heavy atom. The number of aryl methyl sites for hydroxylation is 2. The van der Waals surface area contributed by atoms with Crippen molar-refractivity contribution < 1.29 is 13.2 Å². The largest absolute Gasteiger partial charge is 0.347 e. The monoisotopic (exact) mass is 416 g/mol. The van der Waals surface area contributed by atoms with Gasteiger partial charge < -0.3 is 5.32 Å². The number of hydrogen-bond acceptors (Lipinski definition) is 5. The van der Waals surface area contributed by atoms with Crippen LogP contribution in [0.2, 0.25) is 0 Å². The molecule has 2 aromatic rings. The van der Waals surface area contributed by atoms with E-state index in [-0.39, 0.29) is 29.5 Å². The van der Waals surface area contributed by atoms with E-state index in [0.29, 0.717) is 12.1 Å². The Kier molecular flexibility index (Phi) is 5.48. The van der Waals surface area contributed by atoms with E-state index in [4.69, 9.17) is 0 Å². The third-order valence-corrected chi connectivity index (χ3v) is 7.62. The van der Waals surface area contributed by atoms with Crippen LogP contribution in [0.25, 0.3) is 0 Å². The molecular weight excluding hydrogens is 388 g/mol. The van der Waals surface area contributed by atoms with Crippen LogP contribution in [0.4, 0.5) is 0 Å². The van der Waals surface area contributed by atoms with E-state index in [0.717, 1.165) is 42.9 Å². The Morgan fingerprint density at radius 2 is 1.83 bits per heavy atom. The van der Waals surface area contributed by atoms with Gasteiger partial charge in [-0.05, 0) is 63.5 Å². The van der Waals surface area contributed by atoms with Crippen LogP contribution in [0.3, 0.4) is 0 Å². The molecule has 8 heteroatoms. The maximum absolute atomic E-state index is 12.8. The smallest absolute Gasteiger partial charge is 0.251 e. The van der Waals surface area contributed by atoms with E-state index in [9.17, 15) is 13.2 Å². The molecule has 2 aliphatic heterocycles. The van der Waals surface area contributed by atoms with Gasteiger partial charge in [-0.3, -0.25) is 14.4 Å². The summed E-state index contributed by atoms with van der Waals surface area (Å²) in [5.74, 6) is -0.0518. The van der Waals surface area contributed by atoms with Gasteiger partial charge in [0.05, 0.1) is 29.8 Å². The van der Waals surface area contributed by atoms with Gasteiger partial charge in [-0.15, -0.1) is 0 Å². The van der Waals surface area contributed by atoms with Gasteiger partial charge in [0.1, 0.15) is 0 Å². The number of sulfone groups is 1. The first-order valence-corrected chi connectivity index (χ1v) is 12.0. The van der Waals surface area contributed by atoms with Crippen molar-refractivity contribution in [3.05, 3.63) is 52.8 Å². The molecule has 0 radical (unpaired) electrons. The van der Waals surface area contributed by atoms with Gasteiger partial charge >= 0.3 is 0 Å². The molecule has 7 nitrogen and oxygen atoms in total. The lowest BCUT2D eigenvalue weighted by molar-refractivity contribution is 0.0918. The maximum atomic E-state index is 12.8. The van der Waals surface area contributed by atoms with Crippen LogP contribution in [0.1, 0.15) is 40.2 Å². The number of benzene rings is 1. The Labute approximate surface area is 172 Å². The van der Waals surface area contributed by atoms with Gasteiger partial charge in [-0.1, -0.05) is 12.1 Å². The minimum atomic E-state index is -3.12. The SMILES string of the molecule is Cc1cc(C)n(Cc2ccc(C(=O)N[C@@H]3CS(=O)(=O)C[C@H]3N3CCCC3)cc2)n1. The van der Waals surface area contributed by atoms with E-state index < -0.39 is 9.84 Å². The van der Waals surface area contributed by atoms with E-state index in [1.54, 1.807) is 12.1 Å². The molecule has 3 heterocycles. The van der Waals surface area contributed by atoms with Gasteiger partial charge in [0.25, 0.3) is 5.91 Å². The summed E-state index contributed by atoms with van der Waals surface area (Å²) in [6.45, 7) is 6.46. The van der Waals surface area contributed by atoms with Crippen molar-refractivity contribution in [2.75, 3.05) is 24.6 Å². The molecule has 4 rings (SSSR count). The van der Waals surface area contributed by atoms with Gasteiger partial charge in [0.15, 0.2) is 9.84 Å². The average Bonchev–Trinajstić information content (AvgIpc) is 3.36. The molecular formula is C21H28N4O3S. The van der Waals surface area contributed by atoms with E-state index >= 15 is 0 Å². The quantitative estimate of drug-likeness (QED) is 0.799. The van der Waals surface area contributed by atoms with E-state index in [1.165, 1.54) is 0 Å². The predicted octanol–water partition coefficient (Wildman–Crippen LogP) is 1.54. The topological polar surface area (TPSA) is 84.3 Å². The minimum absolute atomic E-state index is 0.0237. The summed E-state index contributed by atoms with van der Waals surface area (Å²) in [4.78, 5) is 15.0. The highest BCUT2D eigenvalue weighted by molar-refractivity contribution is 7.91. The van der Waals surface area contributed by atoms with Gasteiger partial charge in [-0.2, -0.15) is 5.10 Å². The van der Waals surface area contributed by atoms with E-state index in [1.807, 2.05) is 36.7 Å². The van der Waals surface area contributed by atoms with Crippen molar-refractivity contribution in [3.63, 3.8) is 0 Å². The number of aromatic nitrogens is 2. The van der Waals surface area contributed by atoms with E-state index in [2.05, 4.69) is 15.3 Å². The lowest BCUT2D eigenvalue weighted by Crippen LogP contribution is -2.50. The molecule has 2 saturated heterocycles. The number of rotatable bonds is 5. The molecule has 2 atom stereocenters. The molecule has 0 saturated carbocycles. The predicted molar refractivity (Wildman–Crippen MR) is 112 cm³/mol. The summed E-state index contributed by atoms with van der Waals surface area (Å²) >= 11 is 0. The third kappa shape index (κ3) is 4.53. The number of hydrogen-bond donors (Lipinski definition) is 1. The fourth-order valence-corrected chi connectivity index (χ4v) is 6.37. The Balaban J connectivity index is 1.43. The number of likely N-dealkylation sites (tertiary alicyclic amines) is 1. The zero-order valence-corrected chi connectivity index (χ0v) is 17.8. The molecule has 0 bridgehead atoms. The van der Waals surface area contributed by atoms with Crippen molar-refractivity contribution in [2.45, 2.75) is 45.3 Å². The lowest BCUT2D eigenvalue weighted by atomic mass is 10.1. The zero-order chi connectivity index (χ0) is 20.6. The van der Waals surface area contributed by atoms with Crippen molar-refractivity contribution in [2.24, 2.45) is 0 Å². The van der Waals surface area contributed by atoms with Crippen LogP contribution in [-0.2, 0) is 16.4 Å². The first kappa shape index (κ1) is 20.1. The fourth-order valence-electron chi connectivity index (χ4n) is 4.42. The van der Waals surface area contributed by atoms with Crippen molar-refractivity contribution >= 4 is 15.7 Å². The first-order chi connectivity index (χ1) is 13.8. The summed E-state index contributed by atoms with van der Waals surface area (Å²) in [5.41, 5.74) is 3.69. The van der Waals surface area contributed by atoms with Crippen LogP contribution in [-0.4, -0.2) is 65.7 Å². The molecule has 156 valence electrons. The summed E-state index contributed by atoms with van der Waals surface area (Å²) in [5, 5.41) is 7.45. The summed E-state index contributed by atoms with van der Waals surface area (Å²) < 4.78 is 26.3. The molecule has 1 aromatic carbocycles. The second-order valence-corrected chi connectivity index (χ2v) is 10.4. The van der Waals surface area contributed by atoms with Crippen molar-refractivity contribution in [1.29, 1.82) is 0 Å². The highest BCUT2D eigenvalue weighted by Gasteiger charge is 2.42. The molecule has 0 aliphatic carbocycles. The van der Waals surface area contributed by atoms with Crippen LogP contribution in [0, 0.1) is 13.8 Å². The second kappa shape index (κ2) is 7.91. The molecule has 1 amide bonds. The van der Waals surface area contributed by atoms with Crippen LogP contribution in [0.15, 0.2) is 30.3 Å². The third-order valence-electron chi connectivity index (χ3n) is 5.90. The van der Waals surface area contributed by atoms with Gasteiger partial charge in [0, 0.05) is 17.3 Å². The normalized spacial score (nSPS) is 24.1. The Morgan fingerprint density at radius 3 is 2.45 bits per heavy atom. The second-order valence-electron chi connectivity index (χ2n) is 8.25. The Bertz CT molecular complexity index is 991.